The lowest BCUT2D eigenvalue weighted by molar-refractivity contribution is 0.921. The minimum absolute atomic E-state index is 0.429. The molecule has 2 aromatic carbocycles. The molecule has 0 aromatic heterocycles. The summed E-state index contributed by atoms with van der Waals surface area (Å²) in [5.74, 6) is 0. The summed E-state index contributed by atoms with van der Waals surface area (Å²) in [6, 6.07) is 19.2. The Bertz CT molecular complexity index is 454. The second-order valence-corrected chi connectivity index (χ2v) is 3.71. The van der Waals surface area contributed by atoms with Gasteiger partial charge in [-0.15, -0.1) is 0 Å². The van der Waals surface area contributed by atoms with Crippen LogP contribution in [0.4, 0.5) is 5.69 Å². The first-order chi connectivity index (χ1) is 7.86. The lowest BCUT2D eigenvalue weighted by atomic mass is 10.2. The fraction of sp³-hybridized carbons (Fsp3) is 0.0769. The summed E-state index contributed by atoms with van der Waals surface area (Å²) in [5, 5.41) is 8.13. The van der Waals surface area contributed by atoms with Crippen molar-refractivity contribution in [2.75, 3.05) is 0 Å². The highest BCUT2D eigenvalue weighted by Gasteiger charge is 2.03. The number of hydrogen-bond acceptors (Lipinski definition) is 2. The molecule has 0 saturated heterocycles. The van der Waals surface area contributed by atoms with E-state index in [0.29, 0.717) is 0 Å². The first kappa shape index (κ1) is 10.8. The first-order valence-electron chi connectivity index (χ1n) is 5.01. The molecule has 2 nitrogen and oxygen atoms in total. The highest BCUT2D eigenvalue weighted by atomic mass is 35.5. The number of halogens is 1. The molecule has 2 aromatic rings. The predicted molar refractivity (Wildman–Crippen MR) is 66.0 cm³/mol. The molecule has 1 unspecified atom stereocenters. The number of rotatable bonds is 3. The van der Waals surface area contributed by atoms with Gasteiger partial charge in [0.15, 0.2) is 5.50 Å². The van der Waals surface area contributed by atoms with Crippen LogP contribution in [0.1, 0.15) is 11.1 Å². The summed E-state index contributed by atoms with van der Waals surface area (Å²) in [5.41, 5.74) is 1.33. The Kier molecular flexibility index (Phi) is 3.67. The van der Waals surface area contributed by atoms with Crippen LogP contribution in [0.5, 0.6) is 0 Å². The molecule has 3 heteroatoms. The lowest BCUT2D eigenvalue weighted by Gasteiger charge is -2.01. The fourth-order valence-corrected chi connectivity index (χ4v) is 1.48. The fourth-order valence-electron chi connectivity index (χ4n) is 1.29. The van der Waals surface area contributed by atoms with E-state index >= 15 is 0 Å². The van der Waals surface area contributed by atoms with Gasteiger partial charge in [0.2, 0.25) is 0 Å². The molecule has 0 aliphatic rings. The quantitative estimate of drug-likeness (QED) is 0.415. The van der Waals surface area contributed by atoms with Crippen LogP contribution >= 0.6 is 11.6 Å². The van der Waals surface area contributed by atoms with Gasteiger partial charge in [-0.2, -0.15) is 10.2 Å². The smallest absolute Gasteiger partial charge is 0.164 e. The van der Waals surface area contributed by atoms with Gasteiger partial charge < -0.3 is 0 Å². The lowest BCUT2D eigenvalue weighted by Crippen LogP contribution is -1.83. The number of hydrogen-bond donors (Lipinski definition) is 0. The Morgan fingerprint density at radius 3 is 2.00 bits per heavy atom. The van der Waals surface area contributed by atoms with Crippen LogP contribution in [0.25, 0.3) is 0 Å². The zero-order valence-electron chi connectivity index (χ0n) is 8.62. The number of benzene rings is 2. The maximum atomic E-state index is 6.10. The zero-order valence-corrected chi connectivity index (χ0v) is 9.38. The van der Waals surface area contributed by atoms with E-state index in [0.717, 1.165) is 11.3 Å². The normalized spacial score (nSPS) is 12.8. The van der Waals surface area contributed by atoms with E-state index in [9.17, 15) is 0 Å². The monoisotopic (exact) mass is 230 g/mol. The van der Waals surface area contributed by atoms with E-state index in [-0.39, 0.29) is 0 Å². The SMILES string of the molecule is ClC(N=Nc1ccccc1)c1ccccc1. The number of azo groups is 1. The van der Waals surface area contributed by atoms with Crippen LogP contribution in [-0.4, -0.2) is 0 Å². The molecule has 0 bridgehead atoms. The van der Waals surface area contributed by atoms with E-state index in [1.807, 2.05) is 60.7 Å². The van der Waals surface area contributed by atoms with Crippen LogP contribution in [0.2, 0.25) is 0 Å². The predicted octanol–water partition coefficient (Wildman–Crippen LogP) is 4.71. The highest BCUT2D eigenvalue weighted by Crippen LogP contribution is 2.23. The van der Waals surface area contributed by atoms with Crippen molar-refractivity contribution < 1.29 is 0 Å². The van der Waals surface area contributed by atoms with Gasteiger partial charge in [-0.1, -0.05) is 60.1 Å². The Balaban J connectivity index is 2.08. The Labute approximate surface area is 99.6 Å². The van der Waals surface area contributed by atoms with Crippen molar-refractivity contribution in [3.63, 3.8) is 0 Å². The third kappa shape index (κ3) is 2.91. The van der Waals surface area contributed by atoms with Gasteiger partial charge in [0.25, 0.3) is 0 Å². The second kappa shape index (κ2) is 5.42. The van der Waals surface area contributed by atoms with Gasteiger partial charge in [-0.25, -0.2) is 0 Å². The van der Waals surface area contributed by atoms with E-state index in [1.165, 1.54) is 0 Å². The molecule has 0 amide bonds. The van der Waals surface area contributed by atoms with E-state index in [4.69, 9.17) is 11.6 Å². The molecule has 0 heterocycles. The van der Waals surface area contributed by atoms with Crippen LogP contribution in [-0.2, 0) is 0 Å². The number of alkyl halides is 1. The topological polar surface area (TPSA) is 24.7 Å². The molecule has 0 fully saturated rings. The summed E-state index contributed by atoms with van der Waals surface area (Å²) in [6.07, 6.45) is 0. The largest absolute Gasteiger partial charge is 0.169 e. The van der Waals surface area contributed by atoms with Crippen LogP contribution in [0.15, 0.2) is 70.9 Å². The molecule has 0 saturated carbocycles. The maximum absolute atomic E-state index is 6.10. The van der Waals surface area contributed by atoms with Crippen molar-refractivity contribution in [1.82, 2.24) is 0 Å². The summed E-state index contributed by atoms with van der Waals surface area (Å²) in [6.45, 7) is 0. The van der Waals surface area contributed by atoms with Crippen molar-refractivity contribution in [3.8, 4) is 0 Å². The van der Waals surface area contributed by atoms with Crippen molar-refractivity contribution >= 4 is 17.3 Å². The first-order valence-corrected chi connectivity index (χ1v) is 5.45. The van der Waals surface area contributed by atoms with E-state index in [2.05, 4.69) is 10.2 Å². The minimum atomic E-state index is -0.429. The summed E-state index contributed by atoms with van der Waals surface area (Å²) < 4.78 is 0. The van der Waals surface area contributed by atoms with Gasteiger partial charge in [-0.3, -0.25) is 0 Å². The van der Waals surface area contributed by atoms with Crippen LogP contribution < -0.4 is 0 Å². The van der Waals surface area contributed by atoms with Crippen molar-refractivity contribution in [2.24, 2.45) is 10.2 Å². The van der Waals surface area contributed by atoms with Crippen molar-refractivity contribution in [2.45, 2.75) is 5.50 Å². The average molecular weight is 231 g/mol. The second-order valence-electron chi connectivity index (χ2n) is 3.30. The van der Waals surface area contributed by atoms with Gasteiger partial charge >= 0.3 is 0 Å². The standard InChI is InChI=1S/C13H11ClN2/c14-13(11-7-3-1-4-8-11)16-15-12-9-5-2-6-10-12/h1-10,13H. The van der Waals surface area contributed by atoms with Gasteiger partial charge in [0.05, 0.1) is 5.69 Å². The van der Waals surface area contributed by atoms with Gasteiger partial charge in [0.1, 0.15) is 0 Å². The Morgan fingerprint density at radius 1 is 0.812 bits per heavy atom. The molecule has 0 aliphatic carbocycles. The van der Waals surface area contributed by atoms with Crippen molar-refractivity contribution in [3.05, 3.63) is 66.2 Å². The Morgan fingerprint density at radius 2 is 1.38 bits per heavy atom. The van der Waals surface area contributed by atoms with E-state index in [1.54, 1.807) is 0 Å². The van der Waals surface area contributed by atoms with Crippen LogP contribution in [0, 0.1) is 0 Å². The molecule has 0 radical (unpaired) electrons. The number of nitrogens with zero attached hydrogens (tertiary/aromatic N) is 2. The molecule has 0 spiro atoms. The molecular weight excluding hydrogens is 220 g/mol. The molecule has 2 rings (SSSR count). The summed E-state index contributed by atoms with van der Waals surface area (Å²) in [4.78, 5) is 0. The minimum Gasteiger partial charge on any atom is -0.164 e. The maximum Gasteiger partial charge on any atom is 0.169 e. The molecule has 0 N–H and O–H groups in total. The third-order valence-electron chi connectivity index (χ3n) is 2.11. The average Bonchev–Trinajstić information content (AvgIpc) is 2.38. The molecule has 1 atom stereocenters. The summed E-state index contributed by atoms with van der Waals surface area (Å²) >= 11 is 6.10. The molecule has 16 heavy (non-hydrogen) atoms. The molecule has 0 aliphatic heterocycles. The molecule has 80 valence electrons. The van der Waals surface area contributed by atoms with Gasteiger partial charge in [0, 0.05) is 0 Å². The molecular formula is C13H11ClN2. The highest BCUT2D eigenvalue weighted by molar-refractivity contribution is 6.20. The van der Waals surface area contributed by atoms with Crippen molar-refractivity contribution in [1.29, 1.82) is 0 Å². The van der Waals surface area contributed by atoms with Gasteiger partial charge in [-0.05, 0) is 17.7 Å². The summed E-state index contributed by atoms with van der Waals surface area (Å²) in [7, 11) is 0. The third-order valence-corrected chi connectivity index (χ3v) is 2.44. The van der Waals surface area contributed by atoms with E-state index < -0.39 is 5.50 Å². The Hall–Kier alpha value is -1.67. The zero-order chi connectivity index (χ0) is 11.2. The van der Waals surface area contributed by atoms with Crippen LogP contribution in [0.3, 0.4) is 0 Å².